The highest BCUT2D eigenvalue weighted by atomic mass is 32.2. The fourth-order valence-electron chi connectivity index (χ4n) is 1.87. The predicted molar refractivity (Wildman–Crippen MR) is 81.5 cm³/mol. The molecule has 0 atom stereocenters. The van der Waals surface area contributed by atoms with E-state index in [0.29, 0.717) is 12.2 Å². The summed E-state index contributed by atoms with van der Waals surface area (Å²) in [6.07, 6.45) is 0.411. The average Bonchev–Trinajstić information content (AvgIpc) is 2.27. The molecular formula is C15H23NO2S. The minimum Gasteiger partial charge on any atom is -0.507 e. The van der Waals surface area contributed by atoms with Crippen LogP contribution in [-0.4, -0.2) is 16.8 Å². The maximum absolute atomic E-state index is 10.7. The van der Waals surface area contributed by atoms with Crippen LogP contribution in [-0.2, 0) is 16.0 Å². The zero-order valence-corrected chi connectivity index (χ0v) is 12.9. The van der Waals surface area contributed by atoms with Crippen molar-refractivity contribution in [2.45, 2.75) is 45.3 Å². The summed E-state index contributed by atoms with van der Waals surface area (Å²) in [5.41, 5.74) is 8.08. The van der Waals surface area contributed by atoms with E-state index in [9.17, 15) is 9.90 Å². The number of phenolic OH excluding ortho intramolecular Hbond substituents is 1. The van der Waals surface area contributed by atoms with Gasteiger partial charge in [0.2, 0.25) is 5.91 Å². The van der Waals surface area contributed by atoms with E-state index in [2.05, 4.69) is 26.8 Å². The molecule has 0 saturated heterocycles. The van der Waals surface area contributed by atoms with Crippen molar-refractivity contribution in [3.05, 3.63) is 28.8 Å². The van der Waals surface area contributed by atoms with Crippen LogP contribution in [0.25, 0.3) is 0 Å². The van der Waals surface area contributed by atoms with Crippen molar-refractivity contribution >= 4 is 17.7 Å². The lowest BCUT2D eigenvalue weighted by atomic mass is 9.84. The van der Waals surface area contributed by atoms with Crippen LogP contribution in [0.5, 0.6) is 5.75 Å². The second-order valence-corrected chi connectivity index (χ2v) is 6.93. The van der Waals surface area contributed by atoms with Crippen LogP contribution in [0, 0.1) is 6.92 Å². The van der Waals surface area contributed by atoms with Crippen molar-refractivity contribution in [1.29, 1.82) is 0 Å². The lowest BCUT2D eigenvalue weighted by Crippen LogP contribution is -2.12. The van der Waals surface area contributed by atoms with Gasteiger partial charge in [0.15, 0.2) is 0 Å². The van der Waals surface area contributed by atoms with Gasteiger partial charge in [0, 0.05) is 17.9 Å². The van der Waals surface area contributed by atoms with E-state index >= 15 is 0 Å². The number of hydrogen-bond acceptors (Lipinski definition) is 3. The third kappa shape index (κ3) is 4.78. The normalized spacial score (nSPS) is 11.6. The van der Waals surface area contributed by atoms with E-state index in [-0.39, 0.29) is 11.3 Å². The molecule has 0 unspecified atom stereocenters. The topological polar surface area (TPSA) is 63.3 Å². The minimum atomic E-state index is -0.259. The first-order chi connectivity index (χ1) is 8.71. The number of rotatable bonds is 5. The van der Waals surface area contributed by atoms with E-state index in [1.165, 1.54) is 5.56 Å². The lowest BCUT2D eigenvalue weighted by Gasteiger charge is -2.22. The molecule has 3 N–H and O–H groups in total. The summed E-state index contributed by atoms with van der Waals surface area (Å²) in [5, 5.41) is 10.1. The molecule has 19 heavy (non-hydrogen) atoms. The summed E-state index contributed by atoms with van der Waals surface area (Å²) in [6.45, 7) is 8.19. The summed E-state index contributed by atoms with van der Waals surface area (Å²) in [4.78, 5) is 10.7. The third-order valence-electron chi connectivity index (χ3n) is 2.93. The second kappa shape index (κ2) is 6.33. The van der Waals surface area contributed by atoms with Crippen LogP contribution in [0.15, 0.2) is 12.1 Å². The van der Waals surface area contributed by atoms with Gasteiger partial charge in [-0.2, -0.15) is 11.8 Å². The van der Waals surface area contributed by atoms with Crippen molar-refractivity contribution in [2.75, 3.05) is 5.75 Å². The SMILES string of the molecule is Cc1cc(CSCCC(N)=O)cc(C(C)(C)C)c1O. The molecule has 0 bridgehead atoms. The Kier molecular flexibility index (Phi) is 5.29. The Hall–Kier alpha value is -1.16. The molecule has 0 aliphatic heterocycles. The van der Waals surface area contributed by atoms with Gasteiger partial charge in [-0.15, -0.1) is 0 Å². The highest BCUT2D eigenvalue weighted by molar-refractivity contribution is 7.98. The smallest absolute Gasteiger partial charge is 0.218 e. The van der Waals surface area contributed by atoms with E-state index in [1.54, 1.807) is 11.8 Å². The highest BCUT2D eigenvalue weighted by Crippen LogP contribution is 2.34. The van der Waals surface area contributed by atoms with Gasteiger partial charge in [-0.3, -0.25) is 4.79 Å². The summed E-state index contributed by atoms with van der Waals surface area (Å²) in [5.74, 6) is 1.69. The third-order valence-corrected chi connectivity index (χ3v) is 3.96. The summed E-state index contributed by atoms with van der Waals surface area (Å²) < 4.78 is 0. The molecule has 1 rings (SSSR count). The Balaban J connectivity index is 2.80. The fourth-order valence-corrected chi connectivity index (χ4v) is 2.76. The molecule has 0 aromatic heterocycles. The Morgan fingerprint density at radius 1 is 1.37 bits per heavy atom. The molecule has 3 nitrogen and oxygen atoms in total. The zero-order valence-electron chi connectivity index (χ0n) is 12.1. The molecule has 0 radical (unpaired) electrons. The average molecular weight is 281 g/mol. The first-order valence-corrected chi connectivity index (χ1v) is 7.56. The van der Waals surface area contributed by atoms with Crippen LogP contribution in [0.4, 0.5) is 0 Å². The number of carbonyl (C=O) groups excluding carboxylic acids is 1. The standard InChI is InChI=1S/C15H23NO2S/c1-10-7-11(9-19-6-5-13(16)17)8-12(14(10)18)15(2,3)4/h7-8,18H,5-6,9H2,1-4H3,(H2,16,17). The molecular weight excluding hydrogens is 258 g/mol. The molecule has 0 spiro atoms. The Morgan fingerprint density at radius 3 is 2.53 bits per heavy atom. The quantitative estimate of drug-likeness (QED) is 0.815. The fraction of sp³-hybridized carbons (Fsp3) is 0.533. The van der Waals surface area contributed by atoms with Gasteiger partial charge in [-0.25, -0.2) is 0 Å². The zero-order chi connectivity index (χ0) is 14.6. The number of phenols is 1. The first-order valence-electron chi connectivity index (χ1n) is 6.41. The second-order valence-electron chi connectivity index (χ2n) is 5.83. The van der Waals surface area contributed by atoms with Crippen LogP contribution in [0.1, 0.15) is 43.9 Å². The molecule has 0 fully saturated rings. The Bertz CT molecular complexity index is 464. The molecule has 0 aliphatic carbocycles. The molecule has 0 heterocycles. The molecule has 0 aliphatic rings. The maximum Gasteiger partial charge on any atom is 0.218 e. The number of primary amides is 1. The largest absolute Gasteiger partial charge is 0.507 e. The number of thioether (sulfide) groups is 1. The van der Waals surface area contributed by atoms with Crippen molar-refractivity contribution in [1.82, 2.24) is 0 Å². The Morgan fingerprint density at radius 2 is 2.00 bits per heavy atom. The number of hydrogen-bond donors (Lipinski definition) is 2. The van der Waals surface area contributed by atoms with Crippen molar-refractivity contribution in [2.24, 2.45) is 5.73 Å². The molecule has 106 valence electrons. The number of benzene rings is 1. The molecule has 1 amide bonds. The summed E-state index contributed by atoms with van der Waals surface area (Å²) in [6, 6.07) is 4.06. The van der Waals surface area contributed by atoms with Crippen LogP contribution < -0.4 is 5.73 Å². The van der Waals surface area contributed by atoms with Crippen LogP contribution in [0.3, 0.4) is 0 Å². The summed E-state index contributed by atoms with van der Waals surface area (Å²) in [7, 11) is 0. The van der Waals surface area contributed by atoms with Gasteiger partial charge in [-0.05, 0) is 29.0 Å². The summed E-state index contributed by atoms with van der Waals surface area (Å²) >= 11 is 1.69. The van der Waals surface area contributed by atoms with E-state index in [1.807, 2.05) is 13.0 Å². The number of amides is 1. The number of carbonyl (C=O) groups is 1. The van der Waals surface area contributed by atoms with Gasteiger partial charge in [0.1, 0.15) is 5.75 Å². The van der Waals surface area contributed by atoms with Crippen molar-refractivity contribution in [3.63, 3.8) is 0 Å². The maximum atomic E-state index is 10.7. The van der Waals surface area contributed by atoms with E-state index in [0.717, 1.165) is 22.6 Å². The van der Waals surface area contributed by atoms with E-state index < -0.39 is 0 Å². The van der Waals surface area contributed by atoms with Crippen molar-refractivity contribution < 1.29 is 9.90 Å². The van der Waals surface area contributed by atoms with Gasteiger partial charge < -0.3 is 10.8 Å². The van der Waals surface area contributed by atoms with Gasteiger partial charge in [0.05, 0.1) is 0 Å². The van der Waals surface area contributed by atoms with Gasteiger partial charge in [-0.1, -0.05) is 32.9 Å². The molecule has 1 aromatic rings. The monoisotopic (exact) mass is 281 g/mol. The minimum absolute atomic E-state index is 0.0806. The number of aryl methyl sites for hydroxylation is 1. The van der Waals surface area contributed by atoms with Gasteiger partial charge in [0.25, 0.3) is 0 Å². The van der Waals surface area contributed by atoms with Crippen LogP contribution in [0.2, 0.25) is 0 Å². The number of nitrogens with two attached hydrogens (primary N) is 1. The lowest BCUT2D eigenvalue weighted by molar-refractivity contribution is -0.117. The van der Waals surface area contributed by atoms with Gasteiger partial charge >= 0.3 is 0 Å². The highest BCUT2D eigenvalue weighted by Gasteiger charge is 2.20. The first kappa shape index (κ1) is 15.9. The van der Waals surface area contributed by atoms with Crippen molar-refractivity contribution in [3.8, 4) is 5.75 Å². The molecule has 4 heteroatoms. The van der Waals surface area contributed by atoms with Crippen LogP contribution >= 0.6 is 11.8 Å². The predicted octanol–water partition coefficient (Wildman–Crippen LogP) is 3.11. The molecule has 0 saturated carbocycles. The number of aromatic hydroxyl groups is 1. The molecule has 1 aromatic carbocycles. The Labute approximate surface area is 119 Å². The van der Waals surface area contributed by atoms with E-state index in [4.69, 9.17) is 5.73 Å².